The number of pyridine rings is 1. The quantitative estimate of drug-likeness (QED) is 0.370. The number of halogens is 2. The maximum atomic E-state index is 14.9. The first-order valence-corrected chi connectivity index (χ1v) is 12.8. The van der Waals surface area contributed by atoms with E-state index in [1.54, 1.807) is 47.8 Å². The SMILES string of the molecule is CNC1(C)CCN(c2cc(-c3cc(F)cc(-c4ccc(N(C=O)/C=C\N(C)C)c(Cl)c4)c3O)ccn2)CC1. The average Bonchev–Trinajstić information content (AvgIpc) is 2.91. The van der Waals surface area contributed by atoms with Crippen LogP contribution in [-0.4, -0.2) is 61.2 Å². The summed E-state index contributed by atoms with van der Waals surface area (Å²) >= 11 is 6.51. The lowest BCUT2D eigenvalue weighted by Crippen LogP contribution is -2.50. The van der Waals surface area contributed by atoms with Crippen molar-refractivity contribution < 1.29 is 14.3 Å². The van der Waals surface area contributed by atoms with E-state index in [-0.39, 0.29) is 16.3 Å². The Balaban J connectivity index is 1.66. The normalized spacial score (nSPS) is 15.1. The number of carbonyl (C=O) groups is 1. The molecule has 200 valence electrons. The fourth-order valence-electron chi connectivity index (χ4n) is 4.54. The number of hydrogen-bond acceptors (Lipinski definition) is 6. The maximum Gasteiger partial charge on any atom is 0.218 e. The minimum atomic E-state index is -0.488. The highest BCUT2D eigenvalue weighted by Gasteiger charge is 2.29. The van der Waals surface area contributed by atoms with Crippen molar-refractivity contribution in [2.45, 2.75) is 25.3 Å². The Kier molecular flexibility index (Phi) is 8.23. The van der Waals surface area contributed by atoms with E-state index in [1.165, 1.54) is 17.0 Å². The molecule has 1 saturated heterocycles. The summed E-state index contributed by atoms with van der Waals surface area (Å²) < 4.78 is 14.9. The maximum absolute atomic E-state index is 14.9. The lowest BCUT2D eigenvalue weighted by Gasteiger charge is -2.39. The molecule has 2 heterocycles. The van der Waals surface area contributed by atoms with Crippen molar-refractivity contribution in [3.63, 3.8) is 0 Å². The minimum absolute atomic E-state index is 0.0616. The van der Waals surface area contributed by atoms with Crippen LogP contribution in [0.4, 0.5) is 15.9 Å². The highest BCUT2D eigenvalue weighted by Crippen LogP contribution is 2.41. The van der Waals surface area contributed by atoms with Crippen molar-refractivity contribution in [2.24, 2.45) is 0 Å². The standard InChI is InChI=1S/C29H33ClFN5O2/c1-29(32-2)8-11-35(12-9-29)27-16-21(7-10-33-27)24-18-22(31)17-23(28(24)38)20-5-6-26(25(30)15-20)36(19-37)14-13-34(3)4/h5-7,10,13-19,32,38H,8-9,11-12H2,1-4H3/b14-13-. The van der Waals surface area contributed by atoms with Crippen LogP contribution in [0, 0.1) is 5.82 Å². The third-order valence-electron chi connectivity index (χ3n) is 7.10. The van der Waals surface area contributed by atoms with Crippen LogP contribution >= 0.6 is 11.6 Å². The molecule has 4 rings (SSSR count). The number of benzene rings is 2. The van der Waals surface area contributed by atoms with Crippen molar-refractivity contribution in [1.29, 1.82) is 0 Å². The van der Waals surface area contributed by atoms with Crippen LogP contribution in [0.25, 0.3) is 22.3 Å². The second kappa shape index (κ2) is 11.4. The number of hydrogen-bond donors (Lipinski definition) is 2. The third kappa shape index (κ3) is 5.92. The van der Waals surface area contributed by atoms with Gasteiger partial charge in [0.15, 0.2) is 0 Å². The second-order valence-electron chi connectivity index (χ2n) is 9.99. The number of nitrogens with zero attached hydrogens (tertiary/aromatic N) is 4. The molecule has 7 nitrogen and oxygen atoms in total. The van der Waals surface area contributed by atoms with Crippen molar-refractivity contribution in [1.82, 2.24) is 15.2 Å². The number of phenolic OH excluding ortho intramolecular Hbond substituents is 1. The number of aromatic nitrogens is 1. The van der Waals surface area contributed by atoms with Gasteiger partial charge in [-0.3, -0.25) is 9.69 Å². The molecule has 0 aliphatic carbocycles. The summed E-state index contributed by atoms with van der Waals surface area (Å²) in [7, 11) is 5.67. The zero-order chi connectivity index (χ0) is 27.4. The molecule has 0 radical (unpaired) electrons. The Morgan fingerprint density at radius 1 is 1.08 bits per heavy atom. The summed E-state index contributed by atoms with van der Waals surface area (Å²) in [6.07, 6.45) is 7.61. The van der Waals surface area contributed by atoms with E-state index < -0.39 is 5.82 Å². The van der Waals surface area contributed by atoms with Gasteiger partial charge in [-0.1, -0.05) is 17.7 Å². The van der Waals surface area contributed by atoms with E-state index >= 15 is 0 Å². The molecule has 1 aliphatic heterocycles. The molecule has 3 aromatic rings. The number of aromatic hydroxyl groups is 1. The van der Waals surface area contributed by atoms with E-state index in [0.29, 0.717) is 34.4 Å². The fourth-order valence-corrected chi connectivity index (χ4v) is 4.82. The van der Waals surface area contributed by atoms with E-state index in [2.05, 4.69) is 22.1 Å². The summed E-state index contributed by atoms with van der Waals surface area (Å²) in [4.78, 5) is 21.5. The Morgan fingerprint density at radius 2 is 1.74 bits per heavy atom. The van der Waals surface area contributed by atoms with Crippen molar-refractivity contribution in [3.05, 3.63) is 71.9 Å². The van der Waals surface area contributed by atoms with Crippen LogP contribution in [-0.2, 0) is 4.79 Å². The molecule has 0 bridgehead atoms. The second-order valence-corrected chi connectivity index (χ2v) is 10.4. The largest absolute Gasteiger partial charge is 0.507 e. The number of rotatable bonds is 8. The Labute approximate surface area is 228 Å². The summed E-state index contributed by atoms with van der Waals surface area (Å²) in [6.45, 7) is 3.91. The van der Waals surface area contributed by atoms with Gasteiger partial charge in [-0.05, 0) is 74.3 Å². The summed E-state index contributed by atoms with van der Waals surface area (Å²) in [6, 6.07) is 11.2. The molecule has 2 aromatic carbocycles. The summed E-state index contributed by atoms with van der Waals surface area (Å²) in [5.41, 5.74) is 2.43. The molecule has 0 unspecified atom stereocenters. The Bertz CT molecular complexity index is 1340. The number of nitrogens with one attached hydrogen (secondary N) is 1. The lowest BCUT2D eigenvalue weighted by molar-refractivity contribution is -0.106. The minimum Gasteiger partial charge on any atom is -0.507 e. The molecular formula is C29H33ClFN5O2. The number of phenols is 1. The predicted molar refractivity (Wildman–Crippen MR) is 152 cm³/mol. The van der Waals surface area contributed by atoms with E-state index in [0.717, 1.165) is 31.7 Å². The van der Waals surface area contributed by atoms with Gasteiger partial charge in [0.2, 0.25) is 6.41 Å². The zero-order valence-electron chi connectivity index (χ0n) is 22.1. The van der Waals surface area contributed by atoms with Crippen LogP contribution in [0.15, 0.2) is 61.1 Å². The Morgan fingerprint density at radius 3 is 2.32 bits per heavy atom. The van der Waals surface area contributed by atoms with Crippen molar-refractivity contribution >= 4 is 29.5 Å². The van der Waals surface area contributed by atoms with Crippen LogP contribution in [0.1, 0.15) is 19.8 Å². The molecule has 1 fully saturated rings. The Hall–Kier alpha value is -3.62. The first-order valence-electron chi connectivity index (χ1n) is 12.5. The molecule has 0 atom stereocenters. The highest BCUT2D eigenvalue weighted by molar-refractivity contribution is 6.34. The topological polar surface area (TPSA) is 71.9 Å². The smallest absolute Gasteiger partial charge is 0.218 e. The molecule has 0 spiro atoms. The molecule has 9 heteroatoms. The van der Waals surface area contributed by atoms with E-state index in [9.17, 15) is 14.3 Å². The van der Waals surface area contributed by atoms with Gasteiger partial charge in [0.1, 0.15) is 17.4 Å². The van der Waals surface area contributed by atoms with Gasteiger partial charge in [0, 0.05) is 62.4 Å². The molecular weight excluding hydrogens is 505 g/mol. The van der Waals surface area contributed by atoms with Gasteiger partial charge < -0.3 is 20.2 Å². The average molecular weight is 538 g/mol. The van der Waals surface area contributed by atoms with E-state index in [4.69, 9.17) is 11.6 Å². The first-order chi connectivity index (χ1) is 18.1. The van der Waals surface area contributed by atoms with Crippen molar-refractivity contribution in [3.8, 4) is 28.0 Å². The van der Waals surface area contributed by atoms with Gasteiger partial charge in [-0.25, -0.2) is 9.37 Å². The molecule has 2 N–H and O–H groups in total. The lowest BCUT2D eigenvalue weighted by atomic mass is 9.90. The summed E-state index contributed by atoms with van der Waals surface area (Å²) in [5.74, 6) is 0.240. The first kappa shape index (κ1) is 27.4. The number of piperidine rings is 1. The molecule has 38 heavy (non-hydrogen) atoms. The van der Waals surface area contributed by atoms with E-state index in [1.807, 2.05) is 27.2 Å². The number of amides is 1. The molecule has 1 aromatic heterocycles. The highest BCUT2D eigenvalue weighted by atomic mass is 35.5. The number of carbonyl (C=O) groups excluding carboxylic acids is 1. The molecule has 1 aliphatic rings. The van der Waals surface area contributed by atoms with Crippen LogP contribution < -0.4 is 15.1 Å². The molecule has 0 saturated carbocycles. The zero-order valence-corrected chi connectivity index (χ0v) is 22.8. The summed E-state index contributed by atoms with van der Waals surface area (Å²) in [5, 5.41) is 14.9. The van der Waals surface area contributed by atoms with Crippen LogP contribution in [0.2, 0.25) is 5.02 Å². The van der Waals surface area contributed by atoms with Gasteiger partial charge in [-0.15, -0.1) is 0 Å². The van der Waals surface area contributed by atoms with Crippen LogP contribution in [0.3, 0.4) is 0 Å². The molecule has 1 amide bonds. The van der Waals surface area contributed by atoms with Gasteiger partial charge in [0.05, 0.1) is 10.7 Å². The predicted octanol–water partition coefficient (Wildman–Crippen LogP) is 5.49. The monoisotopic (exact) mass is 537 g/mol. The fraction of sp³-hybridized carbons (Fsp3) is 0.310. The van der Waals surface area contributed by atoms with Gasteiger partial charge in [-0.2, -0.15) is 0 Å². The van der Waals surface area contributed by atoms with Crippen LogP contribution in [0.5, 0.6) is 5.75 Å². The number of anilines is 2. The van der Waals surface area contributed by atoms with Gasteiger partial charge in [0.25, 0.3) is 0 Å². The van der Waals surface area contributed by atoms with Gasteiger partial charge >= 0.3 is 0 Å². The van der Waals surface area contributed by atoms with Crippen molar-refractivity contribution in [2.75, 3.05) is 44.0 Å². The third-order valence-corrected chi connectivity index (χ3v) is 7.40.